The molecule has 6 N–H and O–H groups in total. The summed E-state index contributed by atoms with van der Waals surface area (Å²) in [7, 11) is 0. The van der Waals surface area contributed by atoms with Crippen molar-refractivity contribution in [1.82, 2.24) is 0 Å². The molecule has 0 bridgehead atoms. The van der Waals surface area contributed by atoms with Crippen molar-refractivity contribution in [2.45, 2.75) is 37.5 Å². The van der Waals surface area contributed by atoms with Gasteiger partial charge in [-0.2, -0.15) is 0 Å². The molecule has 2 aromatic rings. The third-order valence-corrected chi connectivity index (χ3v) is 6.01. The fraction of sp³-hybridized carbons (Fsp3) is 0.333. The van der Waals surface area contributed by atoms with Crippen LogP contribution >= 0.6 is 11.3 Å². The minimum absolute atomic E-state index is 0.157. The fourth-order valence-corrected chi connectivity index (χ4v) is 5.00. The van der Waals surface area contributed by atoms with Crippen LogP contribution in [0, 0.1) is 0 Å². The summed E-state index contributed by atoms with van der Waals surface area (Å²) in [5, 5.41) is 0.492. The molecular formula is C18H21N3O2S. The van der Waals surface area contributed by atoms with Gasteiger partial charge >= 0.3 is 0 Å². The molecule has 5 nitrogen and oxygen atoms in total. The van der Waals surface area contributed by atoms with Crippen molar-refractivity contribution in [3.05, 3.63) is 51.9 Å². The highest BCUT2D eigenvalue weighted by Gasteiger charge is 2.39. The second kappa shape index (κ2) is 6.28. The summed E-state index contributed by atoms with van der Waals surface area (Å²) in [6.45, 7) is 0. The van der Waals surface area contributed by atoms with Crippen LogP contribution in [0.25, 0.3) is 0 Å². The average molecular weight is 343 g/mol. The van der Waals surface area contributed by atoms with Gasteiger partial charge < -0.3 is 17.2 Å². The number of carbonyl (C=O) groups is 2. The Labute approximate surface area is 144 Å². The number of primary amides is 2. The van der Waals surface area contributed by atoms with Crippen LogP contribution in [0.1, 0.15) is 45.6 Å². The van der Waals surface area contributed by atoms with Gasteiger partial charge in [-0.3, -0.25) is 9.59 Å². The van der Waals surface area contributed by atoms with E-state index in [-0.39, 0.29) is 11.3 Å². The Hall–Kier alpha value is -2.34. The first-order chi connectivity index (χ1) is 11.4. The third kappa shape index (κ3) is 2.89. The summed E-state index contributed by atoms with van der Waals surface area (Å²) >= 11 is 1.44. The lowest BCUT2D eigenvalue weighted by Gasteiger charge is -2.38. The topological polar surface area (TPSA) is 112 Å². The van der Waals surface area contributed by atoms with Gasteiger partial charge in [0.1, 0.15) is 0 Å². The maximum atomic E-state index is 11.7. The van der Waals surface area contributed by atoms with Gasteiger partial charge in [-0.25, -0.2) is 0 Å². The lowest BCUT2D eigenvalue weighted by atomic mass is 9.66. The molecule has 1 aliphatic rings. The number of rotatable bonds is 5. The summed E-state index contributed by atoms with van der Waals surface area (Å²) in [5.41, 5.74) is 19.4. The number of fused-ring (bicyclic) bond motifs is 1. The first kappa shape index (κ1) is 16.5. The molecule has 1 aromatic carbocycles. The molecule has 0 saturated carbocycles. The minimum atomic E-state index is -0.464. The van der Waals surface area contributed by atoms with E-state index in [0.29, 0.717) is 23.4 Å². The molecule has 6 heteroatoms. The molecule has 0 spiro atoms. The second-order valence-corrected chi connectivity index (χ2v) is 7.53. The van der Waals surface area contributed by atoms with E-state index in [1.165, 1.54) is 16.9 Å². The Kier molecular flexibility index (Phi) is 4.32. The van der Waals surface area contributed by atoms with E-state index in [1.807, 2.05) is 18.2 Å². The summed E-state index contributed by atoms with van der Waals surface area (Å²) in [5.74, 6) is -0.756. The van der Waals surface area contributed by atoms with E-state index >= 15 is 0 Å². The van der Waals surface area contributed by atoms with E-state index in [1.54, 1.807) is 0 Å². The molecule has 0 aliphatic heterocycles. The van der Waals surface area contributed by atoms with E-state index in [4.69, 9.17) is 17.2 Å². The Morgan fingerprint density at radius 3 is 2.50 bits per heavy atom. The average Bonchev–Trinajstić information content (AvgIpc) is 2.88. The minimum Gasteiger partial charge on any atom is -0.390 e. The van der Waals surface area contributed by atoms with Gasteiger partial charge in [-0.1, -0.05) is 30.3 Å². The molecule has 3 rings (SSSR count). The zero-order chi connectivity index (χ0) is 17.3. The molecule has 0 saturated heterocycles. The van der Waals surface area contributed by atoms with Crippen molar-refractivity contribution in [2.75, 3.05) is 5.73 Å². The Balaban J connectivity index is 2.02. The number of hydrogen-bond donors (Lipinski definition) is 3. The van der Waals surface area contributed by atoms with Crippen molar-refractivity contribution >= 4 is 28.2 Å². The van der Waals surface area contributed by atoms with E-state index in [9.17, 15) is 9.59 Å². The number of nitrogen functional groups attached to an aromatic ring is 1. The van der Waals surface area contributed by atoms with Crippen molar-refractivity contribution in [2.24, 2.45) is 11.5 Å². The van der Waals surface area contributed by atoms with Crippen LogP contribution in [0.4, 0.5) is 5.00 Å². The van der Waals surface area contributed by atoms with Crippen LogP contribution in [-0.2, 0) is 23.1 Å². The van der Waals surface area contributed by atoms with Gasteiger partial charge in [0.25, 0.3) is 5.91 Å². The lowest BCUT2D eigenvalue weighted by Crippen LogP contribution is -2.34. The maximum absolute atomic E-state index is 11.7. The molecule has 1 aromatic heterocycles. The Morgan fingerprint density at radius 1 is 1.17 bits per heavy atom. The molecule has 0 fully saturated rings. The van der Waals surface area contributed by atoms with Gasteiger partial charge in [0, 0.05) is 16.7 Å². The van der Waals surface area contributed by atoms with Crippen LogP contribution in [0.2, 0.25) is 0 Å². The largest absolute Gasteiger partial charge is 0.390 e. The highest BCUT2D eigenvalue weighted by atomic mass is 32.1. The van der Waals surface area contributed by atoms with Crippen LogP contribution in [0.15, 0.2) is 30.3 Å². The van der Waals surface area contributed by atoms with Gasteiger partial charge in [0.2, 0.25) is 5.91 Å². The van der Waals surface area contributed by atoms with Crippen LogP contribution in [0.5, 0.6) is 0 Å². The molecule has 126 valence electrons. The smallest absolute Gasteiger partial charge is 0.251 e. The summed E-state index contributed by atoms with van der Waals surface area (Å²) in [6, 6.07) is 10.2. The standard InChI is InChI=1S/C18H21N3O2S/c19-14(22)7-9-18(11-4-2-1-3-5-11)8-6-12-13(10-18)24-17(21)15(12)16(20)23/h1-5H,6-10,21H2,(H2,19,22)(H2,20,23). The number of benzene rings is 1. The Morgan fingerprint density at radius 2 is 1.88 bits per heavy atom. The van der Waals surface area contributed by atoms with Crippen LogP contribution in [-0.4, -0.2) is 11.8 Å². The predicted octanol–water partition coefficient (Wildman–Crippen LogP) is 2.12. The molecule has 1 unspecified atom stereocenters. The number of anilines is 1. The molecule has 0 radical (unpaired) electrons. The van der Waals surface area contributed by atoms with Crippen molar-refractivity contribution in [3.63, 3.8) is 0 Å². The third-order valence-electron chi connectivity index (χ3n) is 4.95. The quantitative estimate of drug-likeness (QED) is 0.773. The summed E-state index contributed by atoms with van der Waals surface area (Å²) in [6.07, 6.45) is 3.35. The van der Waals surface area contributed by atoms with Gasteiger partial charge in [-0.05, 0) is 36.8 Å². The first-order valence-corrected chi connectivity index (χ1v) is 8.78. The second-order valence-electron chi connectivity index (χ2n) is 6.40. The first-order valence-electron chi connectivity index (χ1n) is 7.96. The lowest BCUT2D eigenvalue weighted by molar-refractivity contribution is -0.118. The van der Waals surface area contributed by atoms with Crippen molar-refractivity contribution < 1.29 is 9.59 Å². The fourth-order valence-electron chi connectivity index (χ4n) is 3.73. The van der Waals surface area contributed by atoms with E-state index in [2.05, 4.69) is 12.1 Å². The zero-order valence-electron chi connectivity index (χ0n) is 13.4. The number of hydrogen-bond acceptors (Lipinski definition) is 4. The molecule has 2 amide bonds. The van der Waals surface area contributed by atoms with Gasteiger partial charge in [0.15, 0.2) is 0 Å². The number of nitrogens with two attached hydrogens (primary N) is 3. The van der Waals surface area contributed by atoms with Gasteiger partial charge in [-0.15, -0.1) is 11.3 Å². The summed E-state index contributed by atoms with van der Waals surface area (Å²) in [4.78, 5) is 24.1. The number of carbonyl (C=O) groups excluding carboxylic acids is 2. The molecule has 1 aliphatic carbocycles. The highest BCUT2D eigenvalue weighted by Crippen LogP contribution is 2.46. The monoisotopic (exact) mass is 343 g/mol. The van der Waals surface area contributed by atoms with Gasteiger partial charge in [0.05, 0.1) is 10.6 Å². The molecular weight excluding hydrogens is 322 g/mol. The highest BCUT2D eigenvalue weighted by molar-refractivity contribution is 7.16. The van der Waals surface area contributed by atoms with Crippen molar-refractivity contribution in [3.8, 4) is 0 Å². The normalized spacial score (nSPS) is 19.7. The van der Waals surface area contributed by atoms with E-state index in [0.717, 1.165) is 29.7 Å². The molecule has 1 heterocycles. The molecule has 1 atom stereocenters. The number of amides is 2. The summed E-state index contributed by atoms with van der Waals surface area (Å²) < 4.78 is 0. The van der Waals surface area contributed by atoms with Crippen molar-refractivity contribution in [1.29, 1.82) is 0 Å². The zero-order valence-corrected chi connectivity index (χ0v) is 14.2. The predicted molar refractivity (Wildman–Crippen MR) is 95.8 cm³/mol. The maximum Gasteiger partial charge on any atom is 0.251 e. The molecule has 24 heavy (non-hydrogen) atoms. The van der Waals surface area contributed by atoms with Crippen LogP contribution in [0.3, 0.4) is 0 Å². The van der Waals surface area contributed by atoms with Crippen LogP contribution < -0.4 is 17.2 Å². The number of thiophene rings is 1. The SMILES string of the molecule is NC(=O)CCC1(c2ccccc2)CCc2c(sc(N)c2C(N)=O)C1. The Bertz CT molecular complexity index is 785. The van der Waals surface area contributed by atoms with E-state index < -0.39 is 5.91 Å².